The van der Waals surface area contributed by atoms with Crippen molar-refractivity contribution in [2.24, 2.45) is 0 Å². The zero-order valence-electron chi connectivity index (χ0n) is 16.3. The minimum absolute atomic E-state index is 0.0450. The highest BCUT2D eigenvalue weighted by molar-refractivity contribution is 5.98. The van der Waals surface area contributed by atoms with Gasteiger partial charge in [0, 0.05) is 11.6 Å². The molecule has 1 aromatic heterocycles. The molecule has 29 heavy (non-hydrogen) atoms. The van der Waals surface area contributed by atoms with E-state index < -0.39 is 23.2 Å². The van der Waals surface area contributed by atoms with Crippen LogP contribution in [-0.2, 0) is 0 Å². The first-order chi connectivity index (χ1) is 13.7. The molecule has 6 nitrogen and oxygen atoms in total. The van der Waals surface area contributed by atoms with Gasteiger partial charge in [-0.2, -0.15) is 0 Å². The Bertz CT molecular complexity index is 1310. The lowest BCUT2D eigenvalue weighted by atomic mass is 9.96. The SMILES string of the molecule is C=C(C)[C@@H]1Oc2ccc3oc4cc5c(c(O)c4c(=O)c3c2[C@@H]1O)C=CC(C)(C)O5. The summed E-state index contributed by atoms with van der Waals surface area (Å²) in [5, 5.41) is 21.9. The second-order valence-corrected chi connectivity index (χ2v) is 8.16. The lowest BCUT2D eigenvalue weighted by Gasteiger charge is -2.28. The maximum Gasteiger partial charge on any atom is 0.204 e. The first-order valence-corrected chi connectivity index (χ1v) is 9.36. The number of fused-ring (bicyclic) bond motifs is 5. The normalized spacial score (nSPS) is 21.5. The maximum atomic E-state index is 13.4. The Morgan fingerprint density at radius 1 is 1.17 bits per heavy atom. The molecule has 2 aliphatic heterocycles. The number of aliphatic hydroxyl groups is 1. The van der Waals surface area contributed by atoms with Crippen LogP contribution in [0.3, 0.4) is 0 Å². The van der Waals surface area contributed by atoms with Gasteiger partial charge in [0.1, 0.15) is 51.6 Å². The van der Waals surface area contributed by atoms with Crippen molar-refractivity contribution in [1.82, 2.24) is 0 Å². The van der Waals surface area contributed by atoms with Crippen LogP contribution < -0.4 is 14.9 Å². The number of rotatable bonds is 1. The van der Waals surface area contributed by atoms with E-state index in [1.54, 1.807) is 31.2 Å². The zero-order valence-corrected chi connectivity index (χ0v) is 16.3. The molecule has 6 heteroatoms. The van der Waals surface area contributed by atoms with Gasteiger partial charge in [0.25, 0.3) is 0 Å². The van der Waals surface area contributed by atoms with Crippen LogP contribution in [0.25, 0.3) is 28.0 Å². The molecular formula is C23H20O6. The van der Waals surface area contributed by atoms with Gasteiger partial charge in [-0.25, -0.2) is 0 Å². The van der Waals surface area contributed by atoms with Gasteiger partial charge < -0.3 is 24.1 Å². The number of phenols is 1. The summed E-state index contributed by atoms with van der Waals surface area (Å²) in [6.45, 7) is 9.40. The van der Waals surface area contributed by atoms with Crippen LogP contribution in [0.5, 0.6) is 17.2 Å². The molecule has 3 aromatic rings. The molecule has 5 rings (SSSR count). The molecule has 0 radical (unpaired) electrons. The Labute approximate surface area is 166 Å². The highest BCUT2D eigenvalue weighted by Gasteiger charge is 2.37. The number of hydrogen-bond acceptors (Lipinski definition) is 6. The summed E-state index contributed by atoms with van der Waals surface area (Å²) >= 11 is 0. The third kappa shape index (κ3) is 2.42. The molecule has 2 aromatic carbocycles. The lowest BCUT2D eigenvalue weighted by Crippen LogP contribution is -2.27. The molecule has 0 spiro atoms. The summed E-state index contributed by atoms with van der Waals surface area (Å²) in [5.41, 5.74) is 0.981. The topological polar surface area (TPSA) is 89.1 Å². The second kappa shape index (κ2) is 5.64. The largest absolute Gasteiger partial charge is 0.506 e. The van der Waals surface area contributed by atoms with E-state index in [9.17, 15) is 15.0 Å². The molecule has 0 fully saturated rings. The van der Waals surface area contributed by atoms with Crippen molar-refractivity contribution in [3.63, 3.8) is 0 Å². The molecule has 0 saturated heterocycles. The number of aliphatic hydroxyl groups excluding tert-OH is 1. The molecule has 2 N–H and O–H groups in total. The minimum atomic E-state index is -1.05. The second-order valence-electron chi connectivity index (χ2n) is 8.16. The smallest absolute Gasteiger partial charge is 0.204 e. The van der Waals surface area contributed by atoms with Crippen molar-refractivity contribution in [1.29, 1.82) is 0 Å². The molecule has 0 unspecified atom stereocenters. The van der Waals surface area contributed by atoms with E-state index in [1.807, 2.05) is 19.9 Å². The predicted molar refractivity (Wildman–Crippen MR) is 110 cm³/mol. The van der Waals surface area contributed by atoms with Crippen LogP contribution in [0.4, 0.5) is 0 Å². The average molecular weight is 392 g/mol. The van der Waals surface area contributed by atoms with Gasteiger partial charge in [0.15, 0.2) is 0 Å². The third-order valence-corrected chi connectivity index (χ3v) is 5.45. The van der Waals surface area contributed by atoms with Crippen LogP contribution in [0.1, 0.15) is 38.0 Å². The van der Waals surface area contributed by atoms with E-state index in [0.29, 0.717) is 33.8 Å². The van der Waals surface area contributed by atoms with Crippen LogP contribution in [0, 0.1) is 0 Å². The van der Waals surface area contributed by atoms with Gasteiger partial charge >= 0.3 is 0 Å². The van der Waals surface area contributed by atoms with Gasteiger partial charge in [-0.3, -0.25) is 4.79 Å². The van der Waals surface area contributed by atoms with Gasteiger partial charge in [0.05, 0.1) is 10.9 Å². The average Bonchev–Trinajstić information content (AvgIpc) is 2.97. The monoisotopic (exact) mass is 392 g/mol. The number of hydrogen-bond donors (Lipinski definition) is 2. The fraction of sp³-hybridized carbons (Fsp3) is 0.261. The van der Waals surface area contributed by atoms with Crippen LogP contribution in [-0.4, -0.2) is 21.9 Å². The summed E-state index contributed by atoms with van der Waals surface area (Å²) in [7, 11) is 0. The van der Waals surface area contributed by atoms with Crippen molar-refractivity contribution in [2.45, 2.75) is 38.6 Å². The van der Waals surface area contributed by atoms with Crippen LogP contribution >= 0.6 is 0 Å². The molecule has 0 bridgehead atoms. The summed E-state index contributed by atoms with van der Waals surface area (Å²) in [5.74, 6) is 0.645. The summed E-state index contributed by atoms with van der Waals surface area (Å²) in [6, 6.07) is 4.91. The Morgan fingerprint density at radius 2 is 1.93 bits per heavy atom. The first kappa shape index (κ1) is 17.8. The van der Waals surface area contributed by atoms with Crippen LogP contribution in [0.2, 0.25) is 0 Å². The highest BCUT2D eigenvalue weighted by Crippen LogP contribution is 2.45. The number of ether oxygens (including phenoxy) is 2. The van der Waals surface area contributed by atoms with E-state index >= 15 is 0 Å². The molecular weight excluding hydrogens is 372 g/mol. The molecule has 2 aliphatic rings. The van der Waals surface area contributed by atoms with Crippen molar-refractivity contribution in [3.05, 3.63) is 57.8 Å². The maximum absolute atomic E-state index is 13.4. The van der Waals surface area contributed by atoms with Crippen molar-refractivity contribution in [2.75, 3.05) is 0 Å². The fourth-order valence-corrected chi connectivity index (χ4v) is 4.05. The van der Waals surface area contributed by atoms with Gasteiger partial charge in [-0.1, -0.05) is 6.58 Å². The molecule has 0 aliphatic carbocycles. The van der Waals surface area contributed by atoms with E-state index in [0.717, 1.165) is 0 Å². The zero-order chi connectivity index (χ0) is 20.7. The third-order valence-electron chi connectivity index (χ3n) is 5.45. The van der Waals surface area contributed by atoms with Gasteiger partial charge in [0.2, 0.25) is 5.43 Å². The van der Waals surface area contributed by atoms with Crippen molar-refractivity contribution in [3.8, 4) is 17.2 Å². The van der Waals surface area contributed by atoms with E-state index in [-0.39, 0.29) is 22.1 Å². The van der Waals surface area contributed by atoms with E-state index in [1.165, 1.54) is 0 Å². The fourth-order valence-electron chi connectivity index (χ4n) is 4.05. The Balaban J connectivity index is 1.85. The van der Waals surface area contributed by atoms with Crippen LogP contribution in [0.15, 0.2) is 45.6 Å². The molecule has 3 heterocycles. The Kier molecular flexibility index (Phi) is 3.47. The number of aromatic hydroxyl groups is 1. The van der Waals surface area contributed by atoms with E-state index in [2.05, 4.69) is 6.58 Å². The van der Waals surface area contributed by atoms with E-state index in [4.69, 9.17) is 13.9 Å². The standard InChI is InChI=1S/C23H20O6/c1-10(2)22-21(26)17-13(28-22)6-5-12-16(17)20(25)18-15(27-12)9-14-11(19(18)24)7-8-23(3,4)29-14/h5-9,21-22,24,26H,1H2,2-4H3/t21-,22-/m0/s1. The summed E-state index contributed by atoms with van der Waals surface area (Å²) in [4.78, 5) is 13.4. The predicted octanol–water partition coefficient (Wildman–Crippen LogP) is 4.21. The number of benzene rings is 2. The summed E-state index contributed by atoms with van der Waals surface area (Å²) in [6.07, 6.45) is 1.87. The Hall–Kier alpha value is -3.25. The first-order valence-electron chi connectivity index (χ1n) is 9.36. The molecule has 148 valence electrons. The minimum Gasteiger partial charge on any atom is -0.506 e. The lowest BCUT2D eigenvalue weighted by molar-refractivity contribution is 0.0907. The van der Waals surface area contributed by atoms with Gasteiger partial charge in [-0.15, -0.1) is 0 Å². The quantitative estimate of drug-likeness (QED) is 0.476. The summed E-state index contributed by atoms with van der Waals surface area (Å²) < 4.78 is 17.6. The highest BCUT2D eigenvalue weighted by atomic mass is 16.5. The van der Waals surface area contributed by atoms with Crippen molar-refractivity contribution < 1.29 is 24.1 Å². The number of phenolic OH excluding ortho intramolecular Hbond substituents is 1. The molecule has 0 amide bonds. The Morgan fingerprint density at radius 3 is 2.66 bits per heavy atom. The molecule has 0 saturated carbocycles. The molecule has 2 atom stereocenters. The van der Waals surface area contributed by atoms with Gasteiger partial charge in [-0.05, 0) is 50.6 Å². The van der Waals surface area contributed by atoms with Crippen molar-refractivity contribution >= 4 is 28.0 Å².